The van der Waals surface area contributed by atoms with E-state index in [1.165, 1.54) is 21.9 Å². The van der Waals surface area contributed by atoms with Crippen molar-refractivity contribution in [3.63, 3.8) is 0 Å². The first-order chi connectivity index (χ1) is 43.3. The molecule has 3 aliphatic rings. The van der Waals surface area contributed by atoms with Crippen LogP contribution in [-0.4, -0.2) is 85.2 Å². The molecular formula is C63H44N10O12S4. The average Bonchev–Trinajstić information content (AvgIpc) is 1.70. The molecule has 10 rings (SSSR count). The molecule has 2 amide bonds. The van der Waals surface area contributed by atoms with Gasteiger partial charge in [-0.3, -0.25) is 24.2 Å². The van der Waals surface area contributed by atoms with Gasteiger partial charge in [0.2, 0.25) is 22.0 Å². The number of hydrogen-bond acceptors (Lipinski definition) is 24. The minimum Gasteiger partial charge on any atom is -0.465 e. The number of nitrogens with zero attached hydrogens (tertiary/aromatic N) is 10. The first kappa shape index (κ1) is 61.4. The fourth-order valence-electron chi connectivity index (χ4n) is 9.06. The zero-order chi connectivity index (χ0) is 62.6. The molecule has 0 spiro atoms. The van der Waals surface area contributed by atoms with Crippen LogP contribution in [0.25, 0.3) is 20.9 Å². The second-order valence-electron chi connectivity index (χ2n) is 18.9. The molecule has 7 aromatic rings. The number of aliphatic imine (C=N–C) groups is 2. The van der Waals surface area contributed by atoms with Crippen LogP contribution in [0.3, 0.4) is 0 Å². The maximum atomic E-state index is 15.5. The monoisotopic (exact) mass is 1260 g/mol. The van der Waals surface area contributed by atoms with Crippen molar-refractivity contribution >= 4 is 102 Å². The standard InChI is InChI=1S/C63H44N10O12S4/c1-3-72-55(76)53(88-57(72)42(28-64)29-65)70-61-68-51(82-36-48(75)81-33-38-19-11-6-12-20-38)49(86-61)44-27-46-45(25-41(44)26-47(74)80-32-37-17-9-5-10-18-37)50-52(69-62(87-50)71-54-56(77)73(4-2)58(89-54)43(30-66)31-67)85-63(46,59(78)83-34-39-21-13-7-14-22-39)60(79)84-35-40-23-15-8-16-24-40/h5-25,27H,3-4,26,32-36H2,1-2H3/b70-53+,71-54+. The maximum absolute atomic E-state index is 15.5. The van der Waals surface area contributed by atoms with E-state index in [1.807, 2.05) is 24.3 Å². The number of thiazole rings is 2. The van der Waals surface area contributed by atoms with Crippen molar-refractivity contribution < 1.29 is 57.2 Å². The molecule has 3 aliphatic heterocycles. The van der Waals surface area contributed by atoms with Crippen molar-refractivity contribution in [3.05, 3.63) is 188 Å². The van der Waals surface area contributed by atoms with Crippen molar-refractivity contribution in [2.45, 2.75) is 52.3 Å². The largest absolute Gasteiger partial charge is 0.465 e. The summed E-state index contributed by atoms with van der Waals surface area (Å²) in [5, 5.41) is 38.6. The van der Waals surface area contributed by atoms with E-state index >= 15 is 9.59 Å². The van der Waals surface area contributed by atoms with Gasteiger partial charge in [0.1, 0.15) is 70.5 Å². The van der Waals surface area contributed by atoms with Crippen molar-refractivity contribution in [2.24, 2.45) is 9.98 Å². The highest BCUT2D eigenvalue weighted by Crippen LogP contribution is 2.54. The van der Waals surface area contributed by atoms with Crippen LogP contribution in [-0.2, 0) is 86.2 Å². The highest BCUT2D eigenvalue weighted by Gasteiger charge is 2.59. The van der Waals surface area contributed by atoms with Gasteiger partial charge in [0.05, 0.1) is 6.42 Å². The van der Waals surface area contributed by atoms with E-state index < -0.39 is 54.3 Å². The topological polar surface area (TPSA) is 310 Å². The molecule has 0 N–H and O–H groups in total. The van der Waals surface area contributed by atoms with Gasteiger partial charge in [-0.05, 0) is 77.3 Å². The smallest absolute Gasteiger partial charge is 0.367 e. The first-order valence-electron chi connectivity index (χ1n) is 26.9. The predicted molar refractivity (Wildman–Crippen MR) is 326 cm³/mol. The number of allylic oxidation sites excluding steroid dienone is 2. The lowest BCUT2D eigenvalue weighted by Crippen LogP contribution is -2.52. The molecule has 5 aromatic carbocycles. The summed E-state index contributed by atoms with van der Waals surface area (Å²) in [5.41, 5.74) is -1.21. The van der Waals surface area contributed by atoms with Gasteiger partial charge in [-0.2, -0.15) is 31.0 Å². The van der Waals surface area contributed by atoms with Crippen molar-refractivity contribution in [2.75, 3.05) is 19.7 Å². The Balaban J connectivity index is 1.19. The van der Waals surface area contributed by atoms with Gasteiger partial charge in [0.25, 0.3) is 11.8 Å². The second kappa shape index (κ2) is 27.7. The fraction of sp³-hybridized carbons (Fsp3) is 0.175. The summed E-state index contributed by atoms with van der Waals surface area (Å²) in [7, 11) is 0. The molecule has 26 heteroatoms. The Bertz CT molecular complexity index is 4190. The van der Waals surface area contributed by atoms with E-state index in [4.69, 9.17) is 28.4 Å². The lowest BCUT2D eigenvalue weighted by Gasteiger charge is -2.35. The number of hydrogen-bond donors (Lipinski definition) is 0. The Morgan fingerprint density at radius 2 is 0.989 bits per heavy atom. The number of fused-ring (bicyclic) bond motifs is 3. The van der Waals surface area contributed by atoms with Crippen LogP contribution in [0.4, 0.5) is 10.3 Å². The second-order valence-corrected chi connectivity index (χ2v) is 22.8. The minimum atomic E-state index is -2.93. The van der Waals surface area contributed by atoms with Crippen molar-refractivity contribution in [1.29, 1.82) is 21.0 Å². The van der Waals surface area contributed by atoms with Gasteiger partial charge in [-0.25, -0.2) is 24.4 Å². The van der Waals surface area contributed by atoms with Crippen LogP contribution in [0.1, 0.15) is 47.2 Å². The van der Waals surface area contributed by atoms with Crippen LogP contribution in [0.2, 0.25) is 0 Å². The molecule has 22 nitrogen and oxygen atoms in total. The summed E-state index contributed by atoms with van der Waals surface area (Å²) in [5.74, 6) is -6.13. The number of rotatable bonds is 20. The molecule has 0 radical (unpaired) electrons. The number of amides is 2. The summed E-state index contributed by atoms with van der Waals surface area (Å²) in [4.78, 5) is 108. The van der Waals surface area contributed by atoms with Gasteiger partial charge in [0, 0.05) is 29.8 Å². The quantitative estimate of drug-likeness (QED) is 0.0296. The van der Waals surface area contributed by atoms with Gasteiger partial charge in [-0.1, -0.05) is 144 Å². The first-order valence-corrected chi connectivity index (χ1v) is 30.1. The van der Waals surface area contributed by atoms with E-state index in [2.05, 4.69) is 20.0 Å². The third kappa shape index (κ3) is 13.3. The molecule has 0 aliphatic carbocycles. The molecule has 0 saturated carbocycles. The number of carbonyl (C=O) groups is 6. The molecule has 0 unspecified atom stereocenters. The zero-order valence-corrected chi connectivity index (χ0v) is 50.1. The van der Waals surface area contributed by atoms with Crippen LogP contribution in [0, 0.1) is 45.3 Å². The Morgan fingerprint density at radius 3 is 1.44 bits per heavy atom. The summed E-state index contributed by atoms with van der Waals surface area (Å²) in [6.45, 7) is 1.66. The molecule has 2 fully saturated rings. The van der Waals surface area contributed by atoms with E-state index in [0.717, 1.165) is 46.2 Å². The number of thioether (sulfide) groups is 2. The predicted octanol–water partition coefficient (Wildman–Crippen LogP) is 10.2. The number of aromatic nitrogens is 2. The molecule has 0 atom stereocenters. The van der Waals surface area contributed by atoms with Crippen LogP contribution < -0.4 is 9.47 Å². The van der Waals surface area contributed by atoms with E-state index in [9.17, 15) is 40.2 Å². The maximum Gasteiger partial charge on any atom is 0.367 e. The summed E-state index contributed by atoms with van der Waals surface area (Å²) in [6, 6.07) is 45.1. The zero-order valence-electron chi connectivity index (χ0n) is 46.9. The summed E-state index contributed by atoms with van der Waals surface area (Å²) < 4.78 is 36.4. The summed E-state index contributed by atoms with van der Waals surface area (Å²) in [6.07, 6.45) is -0.532. The Labute approximate surface area is 524 Å². The Morgan fingerprint density at radius 1 is 0.562 bits per heavy atom. The minimum absolute atomic E-state index is 0.0174. The number of nitriles is 4. The Hall–Kier alpha value is -10.7. The molecular weight excluding hydrogens is 1220 g/mol. The van der Waals surface area contributed by atoms with Crippen molar-refractivity contribution in [1.82, 2.24) is 19.8 Å². The fourth-order valence-corrected chi connectivity index (χ4v) is 13.1. The lowest BCUT2D eigenvalue weighted by molar-refractivity contribution is -0.184. The molecule has 89 heavy (non-hydrogen) atoms. The van der Waals surface area contributed by atoms with Gasteiger partial charge in [-0.15, -0.1) is 0 Å². The number of benzene rings is 5. The van der Waals surface area contributed by atoms with Crippen molar-refractivity contribution in [3.8, 4) is 56.9 Å². The number of esters is 4. The highest BCUT2D eigenvalue weighted by atomic mass is 32.2. The van der Waals surface area contributed by atoms with E-state index in [0.29, 0.717) is 22.3 Å². The van der Waals surface area contributed by atoms with Gasteiger partial charge < -0.3 is 28.4 Å². The van der Waals surface area contributed by atoms with Gasteiger partial charge >= 0.3 is 29.5 Å². The average molecular weight is 1260 g/mol. The molecule has 2 saturated heterocycles. The van der Waals surface area contributed by atoms with Crippen LogP contribution in [0.5, 0.6) is 11.8 Å². The normalized spacial score (nSPS) is 14.5. The SMILES string of the molecule is CCN1C(=O)/C(=N\c2nc(OCC(=O)OCc3ccccc3)c(-c3cc4c(cc3CC(=O)OCc3ccccc3)-c3sc(/N=C5/SC(=C(C#N)C#N)N(CC)C5=O)nc3OC4(C(=O)OCc3ccccc3)C(=O)OCc3ccccc3)s2)SC1=C(C#N)C#N. The lowest BCUT2D eigenvalue weighted by atomic mass is 9.83. The van der Waals surface area contributed by atoms with Crippen LogP contribution >= 0.6 is 46.2 Å². The molecule has 0 bridgehead atoms. The number of ether oxygens (including phenoxy) is 6. The van der Waals surface area contributed by atoms with Crippen LogP contribution in [0.15, 0.2) is 165 Å². The Kier molecular flexibility index (Phi) is 19.1. The number of carbonyl (C=O) groups excluding carboxylic acids is 6. The van der Waals surface area contributed by atoms with Gasteiger partial charge in [0.15, 0.2) is 27.8 Å². The van der Waals surface area contributed by atoms with E-state index in [1.54, 1.807) is 135 Å². The molecule has 442 valence electrons. The van der Waals surface area contributed by atoms with E-state index in [-0.39, 0.29) is 125 Å². The highest BCUT2D eigenvalue weighted by molar-refractivity contribution is 8.20. The molecule has 5 heterocycles. The third-order valence-electron chi connectivity index (χ3n) is 13.3. The third-order valence-corrected chi connectivity index (χ3v) is 17.4. The summed E-state index contributed by atoms with van der Waals surface area (Å²) >= 11 is 3.20. The molecule has 2 aromatic heterocycles.